The van der Waals surface area contributed by atoms with Gasteiger partial charge in [-0.15, -0.1) is 0 Å². The molecule has 0 aromatic rings. The fraction of sp³-hybridized carbons (Fsp3) is 0.714. The fourth-order valence-electron chi connectivity index (χ4n) is 3.22. The van der Waals surface area contributed by atoms with Crippen LogP contribution in [0.5, 0.6) is 0 Å². The standard InChI is InChI=1S/C14H27N2Si/c1-10-11(2)13(4)14(5,12(10)3)17(15(6)7)16(8)9/h1-9H3. The average Bonchev–Trinajstić information content (AvgIpc) is 2.34. The van der Waals surface area contributed by atoms with Gasteiger partial charge in [-0.25, -0.2) is 0 Å². The van der Waals surface area contributed by atoms with Gasteiger partial charge in [-0.1, -0.05) is 18.1 Å². The highest BCUT2D eigenvalue weighted by molar-refractivity contribution is 6.58. The van der Waals surface area contributed by atoms with E-state index in [0.29, 0.717) is 0 Å². The van der Waals surface area contributed by atoms with Crippen LogP contribution < -0.4 is 0 Å². The topological polar surface area (TPSA) is 6.48 Å². The second-order valence-corrected chi connectivity index (χ2v) is 9.17. The van der Waals surface area contributed by atoms with Crippen molar-refractivity contribution >= 4 is 9.12 Å². The summed E-state index contributed by atoms with van der Waals surface area (Å²) in [4.78, 5) is 0. The lowest BCUT2D eigenvalue weighted by Crippen LogP contribution is -2.54. The Hall–Kier alpha value is -0.383. The molecule has 3 heteroatoms. The second kappa shape index (κ2) is 4.71. The Morgan fingerprint density at radius 1 is 0.765 bits per heavy atom. The third-order valence-corrected chi connectivity index (χ3v) is 7.82. The SMILES string of the molecule is CC1=C(C)C(C)([Si](N(C)C)N(C)C)C(C)=C1C. The maximum absolute atomic E-state index is 2.42. The molecule has 0 heterocycles. The molecule has 1 rings (SSSR count). The van der Waals surface area contributed by atoms with E-state index in [0.717, 1.165) is 0 Å². The highest BCUT2D eigenvalue weighted by atomic mass is 28.3. The third kappa shape index (κ3) is 2.05. The first-order valence-corrected chi connectivity index (χ1v) is 7.63. The fourth-order valence-corrected chi connectivity index (χ4v) is 6.86. The van der Waals surface area contributed by atoms with Crippen LogP contribution in [-0.2, 0) is 0 Å². The molecule has 0 spiro atoms. The van der Waals surface area contributed by atoms with Crippen LogP contribution in [0.3, 0.4) is 0 Å². The van der Waals surface area contributed by atoms with Crippen LogP contribution in [0.25, 0.3) is 0 Å². The molecular formula is C14H27N2Si. The molecule has 0 bridgehead atoms. The van der Waals surface area contributed by atoms with Crippen LogP contribution >= 0.6 is 0 Å². The first-order valence-electron chi connectivity index (χ1n) is 6.24. The van der Waals surface area contributed by atoms with Crippen LogP contribution in [0.4, 0.5) is 0 Å². The first-order chi connectivity index (χ1) is 7.65. The van der Waals surface area contributed by atoms with E-state index < -0.39 is 9.12 Å². The van der Waals surface area contributed by atoms with Crippen molar-refractivity contribution in [2.75, 3.05) is 28.2 Å². The molecular weight excluding hydrogens is 224 g/mol. The Morgan fingerprint density at radius 3 is 1.29 bits per heavy atom. The summed E-state index contributed by atoms with van der Waals surface area (Å²) in [7, 11) is 8.08. The van der Waals surface area contributed by atoms with Crippen molar-refractivity contribution in [1.82, 2.24) is 9.13 Å². The molecule has 1 aliphatic rings. The molecule has 0 saturated carbocycles. The monoisotopic (exact) mass is 251 g/mol. The van der Waals surface area contributed by atoms with Gasteiger partial charge < -0.3 is 9.13 Å². The van der Waals surface area contributed by atoms with Gasteiger partial charge >= 0.3 is 0 Å². The van der Waals surface area contributed by atoms with E-state index in [9.17, 15) is 0 Å². The van der Waals surface area contributed by atoms with E-state index >= 15 is 0 Å². The van der Waals surface area contributed by atoms with Gasteiger partial charge in [0.05, 0.1) is 0 Å². The van der Waals surface area contributed by atoms with Gasteiger partial charge in [-0.3, -0.25) is 0 Å². The predicted octanol–water partition coefficient (Wildman–Crippen LogP) is 3.04. The van der Waals surface area contributed by atoms with Gasteiger partial charge in [0.2, 0.25) is 9.12 Å². The van der Waals surface area contributed by atoms with Crippen LogP contribution in [0.15, 0.2) is 22.3 Å². The lowest BCUT2D eigenvalue weighted by atomic mass is 9.98. The summed E-state index contributed by atoms with van der Waals surface area (Å²) < 4.78 is 4.84. The predicted molar refractivity (Wildman–Crippen MR) is 78.2 cm³/mol. The van der Waals surface area contributed by atoms with Gasteiger partial charge in [-0.05, 0) is 67.0 Å². The summed E-state index contributed by atoms with van der Waals surface area (Å²) in [5.74, 6) is 0. The molecule has 0 N–H and O–H groups in total. The summed E-state index contributed by atoms with van der Waals surface area (Å²) >= 11 is 0. The lowest BCUT2D eigenvalue weighted by Gasteiger charge is -2.42. The molecule has 1 radical (unpaired) electrons. The number of allylic oxidation sites excluding steroid dienone is 4. The number of hydrogen-bond acceptors (Lipinski definition) is 2. The smallest absolute Gasteiger partial charge is 0.243 e. The molecule has 1 aliphatic carbocycles. The van der Waals surface area contributed by atoms with E-state index in [2.05, 4.69) is 71.9 Å². The lowest BCUT2D eigenvalue weighted by molar-refractivity contribution is 0.479. The van der Waals surface area contributed by atoms with Gasteiger partial charge in [0, 0.05) is 5.04 Å². The molecule has 0 saturated heterocycles. The van der Waals surface area contributed by atoms with Crippen LogP contribution in [0.1, 0.15) is 34.6 Å². The summed E-state index contributed by atoms with van der Waals surface area (Å²) in [5.41, 5.74) is 6.11. The van der Waals surface area contributed by atoms with Crippen molar-refractivity contribution in [1.29, 1.82) is 0 Å². The summed E-state index contributed by atoms with van der Waals surface area (Å²) in [6.45, 7) is 11.6. The molecule has 0 atom stereocenters. The van der Waals surface area contributed by atoms with E-state index in [1.54, 1.807) is 11.1 Å². The quantitative estimate of drug-likeness (QED) is 0.711. The molecule has 0 unspecified atom stereocenters. The maximum Gasteiger partial charge on any atom is 0.243 e. The van der Waals surface area contributed by atoms with E-state index in [4.69, 9.17) is 0 Å². The van der Waals surface area contributed by atoms with Crippen molar-refractivity contribution in [3.05, 3.63) is 22.3 Å². The Balaban J connectivity index is 3.37. The number of rotatable bonds is 3. The molecule has 0 aromatic carbocycles. The summed E-state index contributed by atoms with van der Waals surface area (Å²) in [6.07, 6.45) is 0. The Kier molecular flexibility index (Phi) is 4.07. The first kappa shape index (κ1) is 14.7. The van der Waals surface area contributed by atoms with Crippen molar-refractivity contribution in [2.45, 2.75) is 39.7 Å². The minimum atomic E-state index is -0.766. The van der Waals surface area contributed by atoms with Crippen LogP contribution in [0.2, 0.25) is 5.04 Å². The highest BCUT2D eigenvalue weighted by Crippen LogP contribution is 2.54. The van der Waals surface area contributed by atoms with Gasteiger partial charge in [0.25, 0.3) is 0 Å². The molecule has 2 nitrogen and oxygen atoms in total. The van der Waals surface area contributed by atoms with Crippen LogP contribution in [0, 0.1) is 0 Å². The minimum absolute atomic E-state index is 0.228. The second-order valence-electron chi connectivity index (χ2n) is 5.74. The van der Waals surface area contributed by atoms with Gasteiger partial charge in [-0.2, -0.15) is 0 Å². The molecule has 0 aliphatic heterocycles. The molecule has 0 fully saturated rings. The van der Waals surface area contributed by atoms with E-state index in [1.807, 2.05) is 0 Å². The molecule has 97 valence electrons. The van der Waals surface area contributed by atoms with Crippen molar-refractivity contribution in [3.8, 4) is 0 Å². The normalized spacial score (nSPS) is 20.5. The van der Waals surface area contributed by atoms with E-state index in [1.165, 1.54) is 11.1 Å². The van der Waals surface area contributed by atoms with Crippen molar-refractivity contribution < 1.29 is 0 Å². The largest absolute Gasteiger partial charge is 0.317 e. The molecule has 17 heavy (non-hydrogen) atoms. The molecule has 0 aromatic heterocycles. The zero-order chi connectivity index (χ0) is 13.5. The van der Waals surface area contributed by atoms with Gasteiger partial charge in [0.15, 0.2) is 0 Å². The number of hydrogen-bond donors (Lipinski definition) is 0. The van der Waals surface area contributed by atoms with Gasteiger partial charge in [0.1, 0.15) is 0 Å². The highest BCUT2D eigenvalue weighted by Gasteiger charge is 2.47. The molecule has 0 amide bonds. The minimum Gasteiger partial charge on any atom is -0.317 e. The Labute approximate surface area is 109 Å². The average molecular weight is 251 g/mol. The summed E-state index contributed by atoms with van der Waals surface area (Å²) in [5, 5.41) is 0.228. The van der Waals surface area contributed by atoms with Crippen LogP contribution in [-0.4, -0.2) is 46.4 Å². The summed E-state index contributed by atoms with van der Waals surface area (Å²) in [6, 6.07) is 0. The third-order valence-electron chi connectivity index (χ3n) is 4.48. The van der Waals surface area contributed by atoms with Crippen molar-refractivity contribution in [2.24, 2.45) is 0 Å². The zero-order valence-corrected chi connectivity index (χ0v) is 13.9. The maximum atomic E-state index is 2.42. The Bertz CT molecular complexity index is 346. The van der Waals surface area contributed by atoms with Crippen molar-refractivity contribution in [3.63, 3.8) is 0 Å². The zero-order valence-electron chi connectivity index (χ0n) is 12.9. The van der Waals surface area contributed by atoms with E-state index in [-0.39, 0.29) is 5.04 Å². The number of nitrogens with zero attached hydrogens (tertiary/aromatic N) is 2. The Morgan fingerprint density at radius 2 is 1.06 bits per heavy atom.